The Bertz CT molecular complexity index is 346. The Morgan fingerprint density at radius 3 is 1.52 bits per heavy atom. The summed E-state index contributed by atoms with van der Waals surface area (Å²) in [6.07, 6.45) is 9.22. The maximum atomic E-state index is 12.3. The topological polar surface area (TPSA) is 75.3 Å². The number of carbonyl (C=O) groups excluding carboxylic acids is 3. The number of rotatable bonds is 10. The van der Waals surface area contributed by atoms with E-state index in [2.05, 4.69) is 24.5 Å². The van der Waals surface area contributed by atoms with E-state index >= 15 is 0 Å². The molecular formula is C16H28N2O3. The third-order valence-corrected chi connectivity index (χ3v) is 4.24. The lowest BCUT2D eigenvalue weighted by Gasteiger charge is -2.34. The summed E-state index contributed by atoms with van der Waals surface area (Å²) in [5.41, 5.74) is -1.05. The Labute approximate surface area is 127 Å². The first kappa shape index (κ1) is 17.7. The van der Waals surface area contributed by atoms with Crippen molar-refractivity contribution in [3.63, 3.8) is 0 Å². The Kier molecular flexibility index (Phi) is 7.40. The maximum Gasteiger partial charge on any atom is 0.328 e. The molecule has 0 spiro atoms. The quantitative estimate of drug-likeness (QED) is 0.480. The van der Waals surface area contributed by atoms with E-state index in [1.165, 1.54) is 0 Å². The zero-order valence-corrected chi connectivity index (χ0v) is 13.3. The van der Waals surface area contributed by atoms with Crippen molar-refractivity contribution in [2.75, 3.05) is 0 Å². The van der Waals surface area contributed by atoms with Gasteiger partial charge in [-0.25, -0.2) is 4.79 Å². The molecule has 0 saturated carbocycles. The second kappa shape index (κ2) is 8.80. The highest BCUT2D eigenvalue weighted by atomic mass is 16.2. The van der Waals surface area contributed by atoms with Crippen molar-refractivity contribution >= 4 is 17.8 Å². The number of carbonyl (C=O) groups is 3. The van der Waals surface area contributed by atoms with Crippen molar-refractivity contribution in [3.8, 4) is 0 Å². The minimum atomic E-state index is -1.05. The third kappa shape index (κ3) is 4.83. The highest BCUT2D eigenvalue weighted by molar-refractivity contribution is 6.19. The normalized spacial score (nSPS) is 17.5. The number of nitrogens with one attached hydrogen (secondary N) is 2. The maximum absolute atomic E-state index is 12.3. The van der Waals surface area contributed by atoms with Crippen molar-refractivity contribution in [1.29, 1.82) is 0 Å². The van der Waals surface area contributed by atoms with Crippen LogP contribution in [0.2, 0.25) is 0 Å². The molecule has 0 bridgehead atoms. The van der Waals surface area contributed by atoms with Crippen LogP contribution in [-0.4, -0.2) is 17.8 Å². The van der Waals surface area contributed by atoms with Gasteiger partial charge in [-0.1, -0.05) is 65.2 Å². The van der Waals surface area contributed by atoms with E-state index in [1.54, 1.807) is 0 Å². The van der Waals surface area contributed by atoms with Crippen LogP contribution in [0, 0.1) is 5.41 Å². The molecule has 21 heavy (non-hydrogen) atoms. The molecule has 1 rings (SSSR count). The van der Waals surface area contributed by atoms with Crippen molar-refractivity contribution < 1.29 is 14.4 Å². The summed E-state index contributed by atoms with van der Waals surface area (Å²) in [4.78, 5) is 35.8. The molecule has 0 aromatic heterocycles. The fourth-order valence-electron chi connectivity index (χ4n) is 2.87. The summed E-state index contributed by atoms with van der Waals surface area (Å²) in [6.45, 7) is 4.25. The lowest BCUT2D eigenvalue weighted by Crippen LogP contribution is -2.62. The minimum Gasteiger partial charge on any atom is -0.277 e. The Hall–Kier alpha value is -1.39. The van der Waals surface area contributed by atoms with Crippen molar-refractivity contribution in [3.05, 3.63) is 0 Å². The molecule has 1 saturated heterocycles. The SMILES string of the molecule is CCCCCCC1(CCCCCC)C(=O)NC(=O)NC1=O. The van der Waals surface area contributed by atoms with Crippen LogP contribution in [0.4, 0.5) is 4.79 Å². The van der Waals surface area contributed by atoms with E-state index < -0.39 is 23.3 Å². The van der Waals surface area contributed by atoms with Gasteiger partial charge in [0.1, 0.15) is 5.41 Å². The number of barbiturate groups is 1. The second-order valence-corrected chi connectivity index (χ2v) is 5.94. The largest absolute Gasteiger partial charge is 0.328 e. The minimum absolute atomic E-state index is 0.413. The summed E-state index contributed by atoms with van der Waals surface area (Å²) in [6, 6.07) is -0.692. The first-order chi connectivity index (χ1) is 10.1. The monoisotopic (exact) mass is 296 g/mol. The van der Waals surface area contributed by atoms with E-state index in [4.69, 9.17) is 0 Å². The van der Waals surface area contributed by atoms with Crippen LogP contribution in [-0.2, 0) is 9.59 Å². The Balaban J connectivity index is 2.69. The predicted molar refractivity (Wildman–Crippen MR) is 81.6 cm³/mol. The molecule has 0 aliphatic carbocycles. The zero-order valence-electron chi connectivity index (χ0n) is 13.3. The van der Waals surface area contributed by atoms with Gasteiger partial charge < -0.3 is 0 Å². The van der Waals surface area contributed by atoms with E-state index in [9.17, 15) is 14.4 Å². The van der Waals surface area contributed by atoms with Crippen LogP contribution >= 0.6 is 0 Å². The van der Waals surface area contributed by atoms with Crippen LogP contribution in [0.25, 0.3) is 0 Å². The van der Waals surface area contributed by atoms with E-state index in [1.807, 2.05) is 0 Å². The number of hydrogen-bond donors (Lipinski definition) is 2. The van der Waals surface area contributed by atoms with Crippen molar-refractivity contribution in [2.24, 2.45) is 5.41 Å². The van der Waals surface area contributed by atoms with Gasteiger partial charge >= 0.3 is 6.03 Å². The van der Waals surface area contributed by atoms with Gasteiger partial charge in [0.25, 0.3) is 0 Å². The van der Waals surface area contributed by atoms with Crippen LogP contribution in [0.15, 0.2) is 0 Å². The standard InChI is InChI=1S/C16H28N2O3/c1-3-5-7-9-11-16(12-10-8-6-4-2)13(19)17-15(21)18-14(16)20/h3-12H2,1-2H3,(H2,17,18,19,20,21). The summed E-state index contributed by atoms with van der Waals surface area (Å²) in [7, 11) is 0. The van der Waals surface area contributed by atoms with Gasteiger partial charge in [0.15, 0.2) is 0 Å². The average molecular weight is 296 g/mol. The number of hydrogen-bond acceptors (Lipinski definition) is 3. The number of amides is 4. The average Bonchev–Trinajstić information content (AvgIpc) is 2.44. The predicted octanol–water partition coefficient (Wildman–Crippen LogP) is 3.28. The molecule has 1 heterocycles. The van der Waals surface area contributed by atoms with Gasteiger partial charge in [0, 0.05) is 0 Å². The smallest absolute Gasteiger partial charge is 0.277 e. The number of urea groups is 1. The molecule has 0 aromatic rings. The van der Waals surface area contributed by atoms with Gasteiger partial charge in [-0.2, -0.15) is 0 Å². The third-order valence-electron chi connectivity index (χ3n) is 4.24. The Morgan fingerprint density at radius 2 is 1.14 bits per heavy atom. The molecule has 1 aliphatic heterocycles. The number of unbranched alkanes of at least 4 members (excludes halogenated alkanes) is 6. The van der Waals surface area contributed by atoms with Gasteiger partial charge in [0.2, 0.25) is 11.8 Å². The lowest BCUT2D eigenvalue weighted by molar-refractivity contribution is -0.145. The summed E-state index contributed by atoms with van der Waals surface area (Å²) in [5.74, 6) is -0.825. The van der Waals surface area contributed by atoms with Crippen molar-refractivity contribution in [2.45, 2.75) is 78.1 Å². The van der Waals surface area contributed by atoms with Gasteiger partial charge in [-0.15, -0.1) is 0 Å². The summed E-state index contributed by atoms with van der Waals surface area (Å²) >= 11 is 0. The molecule has 5 heteroatoms. The van der Waals surface area contributed by atoms with E-state index in [-0.39, 0.29) is 0 Å². The van der Waals surface area contributed by atoms with Crippen LogP contribution in [0.1, 0.15) is 78.1 Å². The van der Waals surface area contributed by atoms with Gasteiger partial charge in [0.05, 0.1) is 0 Å². The molecule has 4 amide bonds. The summed E-state index contributed by atoms with van der Waals surface area (Å²) < 4.78 is 0. The molecule has 1 aliphatic rings. The molecule has 0 radical (unpaired) electrons. The molecule has 0 aromatic carbocycles. The van der Waals surface area contributed by atoms with Gasteiger partial charge in [-0.3, -0.25) is 20.2 Å². The summed E-state index contributed by atoms with van der Waals surface area (Å²) in [5, 5.41) is 4.55. The molecule has 120 valence electrons. The zero-order chi connectivity index (χ0) is 15.7. The lowest BCUT2D eigenvalue weighted by atomic mass is 9.75. The van der Waals surface area contributed by atoms with Crippen LogP contribution < -0.4 is 10.6 Å². The molecular weight excluding hydrogens is 268 g/mol. The fourth-order valence-corrected chi connectivity index (χ4v) is 2.87. The number of imide groups is 2. The second-order valence-electron chi connectivity index (χ2n) is 5.94. The van der Waals surface area contributed by atoms with E-state index in [0.717, 1.165) is 51.4 Å². The van der Waals surface area contributed by atoms with E-state index in [0.29, 0.717) is 12.8 Å². The van der Waals surface area contributed by atoms with Crippen LogP contribution in [0.3, 0.4) is 0 Å². The molecule has 0 unspecified atom stereocenters. The van der Waals surface area contributed by atoms with Crippen molar-refractivity contribution in [1.82, 2.24) is 10.6 Å². The Morgan fingerprint density at radius 1 is 0.714 bits per heavy atom. The highest BCUT2D eigenvalue weighted by Crippen LogP contribution is 2.34. The van der Waals surface area contributed by atoms with Crippen LogP contribution in [0.5, 0.6) is 0 Å². The molecule has 2 N–H and O–H groups in total. The highest BCUT2D eigenvalue weighted by Gasteiger charge is 2.48. The fraction of sp³-hybridized carbons (Fsp3) is 0.812. The first-order valence-corrected chi connectivity index (χ1v) is 8.23. The molecule has 0 atom stereocenters. The molecule has 1 fully saturated rings. The first-order valence-electron chi connectivity index (χ1n) is 8.23. The molecule has 5 nitrogen and oxygen atoms in total. The van der Waals surface area contributed by atoms with Gasteiger partial charge in [-0.05, 0) is 12.8 Å².